The van der Waals surface area contributed by atoms with Gasteiger partial charge in [-0.2, -0.15) is 0 Å². The summed E-state index contributed by atoms with van der Waals surface area (Å²) in [7, 11) is 1.47. The Hall–Kier alpha value is -2.29. The zero-order valence-electron chi connectivity index (χ0n) is 46.2. The van der Waals surface area contributed by atoms with E-state index < -0.39 is 26.5 Å². The standard InChI is InChI=1S/C60H110NO8P/c1-6-8-10-12-14-16-18-20-22-23-24-25-26-27-28-29-30-31-32-33-34-35-36-37-39-40-42-44-46-48-50-52-59(62)66-56-58(57-68-70(64,65)67-55-54-61(3,4)5)69-60(63)53-51-49-47-45-43-41-38-21-19-17-15-13-11-9-7-2/h9,11,15,17-18,20-21,23-24,38,58H,6-8,10,12-14,16,19,22,25-37,39-57H2,1-5H3/p+1/b11-9-,17-15-,20-18-,24-23-,38-21-. The van der Waals surface area contributed by atoms with E-state index in [0.717, 1.165) is 77.0 Å². The largest absolute Gasteiger partial charge is 0.472 e. The van der Waals surface area contributed by atoms with Gasteiger partial charge in [0.1, 0.15) is 19.8 Å². The highest BCUT2D eigenvalue weighted by Gasteiger charge is 2.27. The van der Waals surface area contributed by atoms with Gasteiger partial charge in [0.05, 0.1) is 27.7 Å². The number of rotatable bonds is 53. The average Bonchev–Trinajstić information content (AvgIpc) is 3.32. The first-order chi connectivity index (χ1) is 34.0. The first-order valence-electron chi connectivity index (χ1n) is 29.0. The molecule has 9 nitrogen and oxygen atoms in total. The van der Waals surface area contributed by atoms with E-state index in [1.165, 1.54) is 148 Å². The molecule has 2 unspecified atom stereocenters. The van der Waals surface area contributed by atoms with Crippen molar-refractivity contribution in [2.75, 3.05) is 47.5 Å². The number of phosphoric acid groups is 1. The maximum absolute atomic E-state index is 12.8. The molecule has 0 aliphatic carbocycles. The van der Waals surface area contributed by atoms with Gasteiger partial charge in [-0.3, -0.25) is 18.6 Å². The van der Waals surface area contributed by atoms with Crippen LogP contribution in [0.1, 0.15) is 258 Å². The second kappa shape index (κ2) is 51.6. The topological polar surface area (TPSA) is 108 Å². The molecule has 0 bridgehead atoms. The number of carbonyl (C=O) groups excluding carboxylic acids is 2. The highest BCUT2D eigenvalue weighted by Crippen LogP contribution is 2.43. The van der Waals surface area contributed by atoms with Crippen LogP contribution >= 0.6 is 7.82 Å². The Kier molecular flexibility index (Phi) is 49.9. The molecule has 0 saturated carbocycles. The summed E-state index contributed by atoms with van der Waals surface area (Å²) in [6, 6.07) is 0. The second-order valence-electron chi connectivity index (χ2n) is 20.6. The number of phosphoric ester groups is 1. The highest BCUT2D eigenvalue weighted by molar-refractivity contribution is 7.47. The summed E-state index contributed by atoms with van der Waals surface area (Å²) in [4.78, 5) is 35.6. The summed E-state index contributed by atoms with van der Waals surface area (Å²) < 4.78 is 34.5. The Morgan fingerprint density at radius 3 is 1.21 bits per heavy atom. The molecule has 0 heterocycles. The van der Waals surface area contributed by atoms with Gasteiger partial charge in [-0.05, 0) is 77.0 Å². The van der Waals surface area contributed by atoms with Gasteiger partial charge in [0.2, 0.25) is 0 Å². The zero-order valence-corrected chi connectivity index (χ0v) is 47.1. The van der Waals surface area contributed by atoms with E-state index >= 15 is 0 Å². The van der Waals surface area contributed by atoms with Gasteiger partial charge in [-0.15, -0.1) is 0 Å². The molecule has 2 atom stereocenters. The van der Waals surface area contributed by atoms with Crippen LogP contribution in [0, 0.1) is 0 Å². The van der Waals surface area contributed by atoms with E-state index in [1.54, 1.807) is 0 Å². The monoisotopic (exact) mass is 1000 g/mol. The third-order valence-corrected chi connectivity index (χ3v) is 13.5. The maximum Gasteiger partial charge on any atom is 0.472 e. The number of ether oxygens (including phenoxy) is 2. The van der Waals surface area contributed by atoms with Gasteiger partial charge in [-0.1, -0.05) is 229 Å². The van der Waals surface area contributed by atoms with E-state index in [2.05, 4.69) is 74.6 Å². The van der Waals surface area contributed by atoms with Gasteiger partial charge in [0.15, 0.2) is 6.10 Å². The maximum atomic E-state index is 12.8. The van der Waals surface area contributed by atoms with Crippen molar-refractivity contribution in [3.05, 3.63) is 60.8 Å². The van der Waals surface area contributed by atoms with E-state index in [4.69, 9.17) is 18.5 Å². The SMILES string of the molecule is CC/C=C\C/C=C\C/C=C\CCCCCCCC(=O)OC(COC(=O)CCCCCCCCCCCCCCCCCCCCC/C=C\C/C=C\CCCCCCC)COP(=O)(O)OCC[N+](C)(C)C. The summed E-state index contributed by atoms with van der Waals surface area (Å²) >= 11 is 0. The number of hydrogen-bond donors (Lipinski definition) is 1. The molecule has 0 radical (unpaired) electrons. The van der Waals surface area contributed by atoms with E-state index in [-0.39, 0.29) is 32.0 Å². The van der Waals surface area contributed by atoms with Crippen molar-refractivity contribution in [1.29, 1.82) is 0 Å². The van der Waals surface area contributed by atoms with Crippen LogP contribution in [-0.4, -0.2) is 74.9 Å². The van der Waals surface area contributed by atoms with Gasteiger partial charge in [0, 0.05) is 12.8 Å². The van der Waals surface area contributed by atoms with Crippen LogP contribution in [0.2, 0.25) is 0 Å². The number of quaternary nitrogens is 1. The Labute approximate surface area is 432 Å². The van der Waals surface area contributed by atoms with Crippen LogP contribution in [0.25, 0.3) is 0 Å². The Balaban J connectivity index is 4.04. The number of unbranched alkanes of at least 4 members (excludes halogenated alkanes) is 29. The number of nitrogens with zero attached hydrogens (tertiary/aromatic N) is 1. The van der Waals surface area contributed by atoms with Crippen LogP contribution in [-0.2, 0) is 32.7 Å². The molecule has 10 heteroatoms. The second-order valence-corrected chi connectivity index (χ2v) is 22.1. The van der Waals surface area contributed by atoms with Gasteiger partial charge >= 0.3 is 19.8 Å². The smallest absolute Gasteiger partial charge is 0.462 e. The van der Waals surface area contributed by atoms with Crippen molar-refractivity contribution >= 4 is 19.8 Å². The molecule has 0 aliphatic heterocycles. The van der Waals surface area contributed by atoms with E-state index in [1.807, 2.05) is 21.1 Å². The number of carbonyl (C=O) groups is 2. The van der Waals surface area contributed by atoms with Crippen LogP contribution < -0.4 is 0 Å². The first kappa shape index (κ1) is 67.7. The average molecular weight is 1010 g/mol. The van der Waals surface area contributed by atoms with Gasteiger partial charge < -0.3 is 18.9 Å². The third-order valence-electron chi connectivity index (χ3n) is 12.5. The molecule has 0 spiro atoms. The highest BCUT2D eigenvalue weighted by atomic mass is 31.2. The summed E-state index contributed by atoms with van der Waals surface area (Å²) in [6.45, 7) is 4.31. The molecule has 0 aromatic carbocycles. The zero-order chi connectivity index (χ0) is 51.3. The van der Waals surface area contributed by atoms with Crippen molar-refractivity contribution in [1.82, 2.24) is 0 Å². The minimum atomic E-state index is -4.39. The Morgan fingerprint density at radius 2 is 0.814 bits per heavy atom. The quantitative estimate of drug-likeness (QED) is 0.0211. The lowest BCUT2D eigenvalue weighted by molar-refractivity contribution is -0.870. The van der Waals surface area contributed by atoms with Crippen LogP contribution in [0.15, 0.2) is 60.8 Å². The summed E-state index contributed by atoms with van der Waals surface area (Å²) in [5.41, 5.74) is 0. The first-order valence-corrected chi connectivity index (χ1v) is 30.5. The van der Waals surface area contributed by atoms with Crippen LogP contribution in [0.5, 0.6) is 0 Å². The van der Waals surface area contributed by atoms with Crippen molar-refractivity contribution in [2.24, 2.45) is 0 Å². The van der Waals surface area contributed by atoms with Crippen molar-refractivity contribution < 1.29 is 42.1 Å². The normalized spacial score (nSPS) is 13.7. The molecule has 0 amide bonds. The molecule has 1 N–H and O–H groups in total. The molecule has 0 aromatic heterocycles. The van der Waals surface area contributed by atoms with Crippen molar-refractivity contribution in [2.45, 2.75) is 264 Å². The van der Waals surface area contributed by atoms with E-state index in [9.17, 15) is 19.0 Å². The molecule has 0 aliphatic rings. The molecule has 408 valence electrons. The summed E-state index contributed by atoms with van der Waals surface area (Å²) in [5.74, 6) is -0.811. The van der Waals surface area contributed by atoms with Crippen molar-refractivity contribution in [3.63, 3.8) is 0 Å². The fraction of sp³-hybridized carbons (Fsp3) is 0.800. The van der Waals surface area contributed by atoms with E-state index in [0.29, 0.717) is 17.4 Å². The predicted molar refractivity (Wildman–Crippen MR) is 298 cm³/mol. The predicted octanol–water partition coefficient (Wildman–Crippen LogP) is 17.9. The van der Waals surface area contributed by atoms with Gasteiger partial charge in [0.25, 0.3) is 0 Å². The lowest BCUT2D eigenvalue weighted by Crippen LogP contribution is -2.37. The molecular formula is C60H111NO8P+. The molecule has 70 heavy (non-hydrogen) atoms. The number of likely N-dealkylation sites (N-methyl/N-ethyl adjacent to an activating group) is 1. The minimum Gasteiger partial charge on any atom is -0.462 e. The Bertz CT molecular complexity index is 1370. The third kappa shape index (κ3) is 55.0. The van der Waals surface area contributed by atoms with Crippen LogP contribution in [0.4, 0.5) is 0 Å². The fourth-order valence-electron chi connectivity index (χ4n) is 8.06. The molecule has 0 saturated heterocycles. The molecule has 0 fully saturated rings. The minimum absolute atomic E-state index is 0.0272. The lowest BCUT2D eigenvalue weighted by atomic mass is 10.0. The lowest BCUT2D eigenvalue weighted by Gasteiger charge is -2.24. The number of esters is 2. The summed E-state index contributed by atoms with van der Waals surface area (Å²) in [5, 5.41) is 0. The number of hydrogen-bond acceptors (Lipinski definition) is 7. The van der Waals surface area contributed by atoms with Crippen LogP contribution in [0.3, 0.4) is 0 Å². The Morgan fingerprint density at radius 1 is 0.457 bits per heavy atom. The molecule has 0 rings (SSSR count). The van der Waals surface area contributed by atoms with Crippen molar-refractivity contribution in [3.8, 4) is 0 Å². The fourth-order valence-corrected chi connectivity index (χ4v) is 8.80. The van der Waals surface area contributed by atoms with Gasteiger partial charge in [-0.25, -0.2) is 4.57 Å². The number of allylic oxidation sites excluding steroid dienone is 10. The summed E-state index contributed by atoms with van der Waals surface area (Å²) in [6.07, 6.45) is 65.9. The molecule has 0 aromatic rings. The molecular weight excluding hydrogens is 894 g/mol.